The molecule has 166 valence electrons. The van der Waals surface area contributed by atoms with Crippen molar-refractivity contribution in [2.75, 3.05) is 5.32 Å². The van der Waals surface area contributed by atoms with Gasteiger partial charge >= 0.3 is 0 Å². The predicted octanol–water partition coefficient (Wildman–Crippen LogP) is 7.50. The molecule has 0 bridgehead atoms. The van der Waals surface area contributed by atoms with Gasteiger partial charge in [0, 0.05) is 35.2 Å². The summed E-state index contributed by atoms with van der Waals surface area (Å²) in [5.41, 5.74) is 3.99. The van der Waals surface area contributed by atoms with Gasteiger partial charge in [-0.15, -0.1) is 0 Å². The monoisotopic (exact) mass is 468 g/mol. The summed E-state index contributed by atoms with van der Waals surface area (Å²) < 4.78 is 0. The molecule has 2 saturated carbocycles. The molecule has 2 fully saturated rings. The number of hydrogen-bond donors (Lipinski definition) is 2. The van der Waals surface area contributed by atoms with Gasteiger partial charge in [0.15, 0.2) is 5.78 Å². The lowest BCUT2D eigenvalue weighted by molar-refractivity contribution is 0.0968. The number of fused-ring (bicyclic) bond motifs is 1. The number of Topliss-reactive ketones (excluding diaryl/α,β-unsaturated/α-hetero) is 1. The maximum absolute atomic E-state index is 13.1. The highest BCUT2D eigenvalue weighted by Gasteiger charge is 2.33. The first-order valence-electron chi connectivity index (χ1n) is 11.3. The second-order valence-corrected chi connectivity index (χ2v) is 10.1. The number of hydrogen-bond acceptors (Lipinski definition) is 4. The van der Waals surface area contributed by atoms with Gasteiger partial charge < -0.3 is 10.4 Å². The number of pyridine rings is 1. The molecule has 5 rings (SSSR count). The van der Waals surface area contributed by atoms with Crippen LogP contribution in [0.4, 0.5) is 5.69 Å². The SMILES string of the molecule is CC1CCC(Nc2c(C(=O)C3CC3)cnc3ccc(-c4cc(Cl)c(O)cc4Cl)cc23)CC1. The first-order chi connectivity index (χ1) is 15.4. The van der Waals surface area contributed by atoms with Crippen LogP contribution in [0.2, 0.25) is 10.0 Å². The van der Waals surface area contributed by atoms with Gasteiger partial charge in [-0.3, -0.25) is 9.78 Å². The van der Waals surface area contributed by atoms with E-state index in [1.165, 1.54) is 18.9 Å². The van der Waals surface area contributed by atoms with E-state index in [0.29, 0.717) is 16.6 Å². The van der Waals surface area contributed by atoms with Crippen LogP contribution < -0.4 is 5.32 Å². The van der Waals surface area contributed by atoms with E-state index in [1.54, 1.807) is 12.3 Å². The predicted molar refractivity (Wildman–Crippen MR) is 131 cm³/mol. The molecule has 0 spiro atoms. The van der Waals surface area contributed by atoms with Crippen molar-refractivity contribution in [2.45, 2.75) is 51.5 Å². The summed E-state index contributed by atoms with van der Waals surface area (Å²) in [4.78, 5) is 17.7. The molecule has 0 saturated heterocycles. The van der Waals surface area contributed by atoms with E-state index in [9.17, 15) is 9.90 Å². The number of halogens is 2. The van der Waals surface area contributed by atoms with Crippen LogP contribution in [0.3, 0.4) is 0 Å². The number of phenolic OH excluding ortho intramolecular Hbond substituents is 1. The molecule has 1 heterocycles. The number of aromatic hydroxyl groups is 1. The van der Waals surface area contributed by atoms with Gasteiger partial charge in [-0.2, -0.15) is 0 Å². The van der Waals surface area contributed by atoms with Gasteiger partial charge in [0.2, 0.25) is 0 Å². The summed E-state index contributed by atoms with van der Waals surface area (Å²) in [5.74, 6) is 1.01. The number of anilines is 1. The summed E-state index contributed by atoms with van der Waals surface area (Å²) >= 11 is 12.6. The highest BCUT2D eigenvalue weighted by molar-refractivity contribution is 6.36. The second kappa shape index (κ2) is 8.57. The van der Waals surface area contributed by atoms with Crippen LogP contribution in [0.1, 0.15) is 55.8 Å². The van der Waals surface area contributed by atoms with Gasteiger partial charge in [-0.25, -0.2) is 0 Å². The minimum Gasteiger partial charge on any atom is -0.506 e. The molecule has 32 heavy (non-hydrogen) atoms. The molecule has 0 radical (unpaired) electrons. The largest absolute Gasteiger partial charge is 0.506 e. The normalized spacial score (nSPS) is 21.0. The van der Waals surface area contributed by atoms with E-state index in [1.807, 2.05) is 18.2 Å². The Bertz CT molecular complexity index is 1200. The van der Waals surface area contributed by atoms with E-state index < -0.39 is 0 Å². The van der Waals surface area contributed by atoms with E-state index in [-0.39, 0.29) is 22.5 Å². The van der Waals surface area contributed by atoms with Crippen LogP contribution in [0.15, 0.2) is 36.5 Å². The van der Waals surface area contributed by atoms with Crippen molar-refractivity contribution < 1.29 is 9.90 Å². The second-order valence-electron chi connectivity index (χ2n) is 9.30. The van der Waals surface area contributed by atoms with Crippen LogP contribution in [-0.4, -0.2) is 21.9 Å². The highest BCUT2D eigenvalue weighted by Crippen LogP contribution is 2.41. The summed E-state index contributed by atoms with van der Waals surface area (Å²) in [6.07, 6.45) is 8.24. The van der Waals surface area contributed by atoms with Gasteiger partial charge in [0.1, 0.15) is 5.75 Å². The van der Waals surface area contributed by atoms with Crippen LogP contribution in [0.25, 0.3) is 22.0 Å². The number of phenols is 1. The number of carbonyl (C=O) groups is 1. The fraction of sp³-hybridized carbons (Fsp3) is 0.385. The maximum Gasteiger partial charge on any atom is 0.169 e. The van der Waals surface area contributed by atoms with E-state index in [2.05, 4.69) is 17.2 Å². The van der Waals surface area contributed by atoms with Crippen LogP contribution in [0.5, 0.6) is 5.75 Å². The smallest absolute Gasteiger partial charge is 0.169 e. The molecule has 0 unspecified atom stereocenters. The minimum absolute atomic E-state index is 0.0472. The van der Waals surface area contributed by atoms with Crippen LogP contribution >= 0.6 is 23.2 Å². The Morgan fingerprint density at radius 3 is 2.50 bits per heavy atom. The van der Waals surface area contributed by atoms with Crippen molar-refractivity contribution >= 4 is 45.6 Å². The van der Waals surface area contributed by atoms with Crippen molar-refractivity contribution in [3.8, 4) is 16.9 Å². The fourth-order valence-electron chi connectivity index (χ4n) is 4.63. The topological polar surface area (TPSA) is 62.2 Å². The Morgan fingerprint density at radius 1 is 1.03 bits per heavy atom. The number of nitrogens with zero attached hydrogens (tertiary/aromatic N) is 1. The van der Waals surface area contributed by atoms with Gasteiger partial charge in [-0.05, 0) is 68.2 Å². The molecule has 6 heteroatoms. The first kappa shape index (κ1) is 21.5. The van der Waals surface area contributed by atoms with E-state index in [0.717, 1.165) is 59.3 Å². The molecule has 2 aliphatic carbocycles. The van der Waals surface area contributed by atoms with Crippen molar-refractivity contribution in [1.82, 2.24) is 4.98 Å². The average Bonchev–Trinajstić information content (AvgIpc) is 3.63. The third-order valence-corrected chi connectivity index (χ3v) is 7.41. The highest BCUT2D eigenvalue weighted by atomic mass is 35.5. The zero-order valence-electron chi connectivity index (χ0n) is 18.0. The number of carbonyl (C=O) groups excluding carboxylic acids is 1. The molecule has 0 amide bonds. The summed E-state index contributed by atoms with van der Waals surface area (Å²) in [7, 11) is 0. The summed E-state index contributed by atoms with van der Waals surface area (Å²) in [6, 6.07) is 9.38. The lowest BCUT2D eigenvalue weighted by atomic mass is 9.87. The van der Waals surface area contributed by atoms with E-state index >= 15 is 0 Å². The Kier molecular flexibility index (Phi) is 5.77. The quantitative estimate of drug-likeness (QED) is 0.380. The van der Waals surface area contributed by atoms with Gasteiger partial charge in [-0.1, -0.05) is 36.2 Å². The van der Waals surface area contributed by atoms with Gasteiger partial charge in [0.25, 0.3) is 0 Å². The molecule has 1 aromatic heterocycles. The number of ketones is 1. The van der Waals surface area contributed by atoms with Crippen LogP contribution in [0, 0.1) is 11.8 Å². The fourth-order valence-corrected chi connectivity index (χ4v) is 5.06. The number of aromatic nitrogens is 1. The standard InChI is InChI=1S/C26H26Cl2N2O2/c1-14-2-7-17(8-3-14)30-25-19-10-16(18-11-22(28)24(31)12-21(18)27)6-9-23(19)29-13-20(25)26(32)15-4-5-15/h6,9-15,17,31H,2-5,7-8H2,1H3,(H,29,30). The van der Waals surface area contributed by atoms with Crippen LogP contribution in [-0.2, 0) is 0 Å². The molecule has 3 aromatic rings. The minimum atomic E-state index is -0.0472. The van der Waals surface area contributed by atoms with Crippen molar-refractivity contribution in [3.63, 3.8) is 0 Å². The number of rotatable bonds is 5. The average molecular weight is 469 g/mol. The Morgan fingerprint density at radius 2 is 1.78 bits per heavy atom. The van der Waals surface area contributed by atoms with Crippen molar-refractivity contribution in [2.24, 2.45) is 11.8 Å². The molecular formula is C26H26Cl2N2O2. The molecule has 4 nitrogen and oxygen atoms in total. The van der Waals surface area contributed by atoms with Crippen molar-refractivity contribution in [1.29, 1.82) is 0 Å². The number of nitrogens with one attached hydrogen (secondary N) is 1. The summed E-state index contributed by atoms with van der Waals surface area (Å²) in [5, 5.41) is 15.2. The first-order valence-corrected chi connectivity index (χ1v) is 12.1. The third-order valence-electron chi connectivity index (χ3n) is 6.79. The molecule has 0 aliphatic heterocycles. The molecule has 2 aromatic carbocycles. The van der Waals surface area contributed by atoms with Crippen molar-refractivity contribution in [3.05, 3.63) is 52.1 Å². The third kappa shape index (κ3) is 4.18. The lowest BCUT2D eigenvalue weighted by Gasteiger charge is -2.29. The number of benzene rings is 2. The zero-order valence-corrected chi connectivity index (χ0v) is 19.5. The molecule has 2 aliphatic rings. The Labute approximate surface area is 198 Å². The molecule has 2 N–H and O–H groups in total. The van der Waals surface area contributed by atoms with E-state index in [4.69, 9.17) is 23.2 Å². The Balaban J connectivity index is 1.63. The Hall–Kier alpha value is -2.30. The zero-order chi connectivity index (χ0) is 22.4. The maximum atomic E-state index is 13.1. The lowest BCUT2D eigenvalue weighted by Crippen LogP contribution is -2.26. The molecule has 0 atom stereocenters. The summed E-state index contributed by atoms with van der Waals surface area (Å²) in [6.45, 7) is 2.30. The van der Waals surface area contributed by atoms with Gasteiger partial charge in [0.05, 0.1) is 26.8 Å². The molecular weight excluding hydrogens is 443 g/mol.